The average Bonchev–Trinajstić information content (AvgIpc) is 3.30. The zero-order valence-electron chi connectivity index (χ0n) is 32.0. The molecule has 0 aromatic heterocycles. The lowest BCUT2D eigenvalue weighted by molar-refractivity contribution is 0.592. The van der Waals surface area contributed by atoms with Gasteiger partial charge in [0.15, 0.2) is 7.14 Å². The summed E-state index contributed by atoms with van der Waals surface area (Å²) in [6, 6.07) is 77.0. The van der Waals surface area contributed by atoms with Crippen LogP contribution in [-0.2, 0) is 4.57 Å². The van der Waals surface area contributed by atoms with E-state index in [4.69, 9.17) is 0 Å². The first-order valence-corrected chi connectivity index (χ1v) is 21.8. The minimum atomic E-state index is -3.45. The Kier molecular flexibility index (Phi) is 7.47. The van der Waals surface area contributed by atoms with Crippen molar-refractivity contribution in [2.75, 3.05) is 14.7 Å². The van der Waals surface area contributed by atoms with Crippen LogP contribution >= 0.6 is 7.14 Å². The van der Waals surface area contributed by atoms with Gasteiger partial charge in [-0.15, -0.1) is 0 Å². The minimum absolute atomic E-state index is 0.873. The lowest BCUT2D eigenvalue weighted by atomic mass is 10.0. The Hall–Kier alpha value is -7.39. The normalized spacial score (nSPS) is 13.9. The molecule has 3 heterocycles. The van der Waals surface area contributed by atoms with Gasteiger partial charge >= 0.3 is 0 Å². The van der Waals surface area contributed by atoms with Crippen LogP contribution in [0.25, 0.3) is 33.4 Å². The molecule has 0 amide bonds. The number of anilines is 9. The van der Waals surface area contributed by atoms with E-state index in [0.29, 0.717) is 0 Å². The van der Waals surface area contributed by atoms with Gasteiger partial charge in [-0.05, 0) is 106 Å². The van der Waals surface area contributed by atoms with Crippen LogP contribution < -0.4 is 30.6 Å². The number of rotatable bonds is 6. The maximum Gasteiger partial charge on any atom is 0.183 e. The van der Waals surface area contributed by atoms with Crippen molar-refractivity contribution >= 4 is 74.2 Å². The van der Waals surface area contributed by atoms with Gasteiger partial charge in [-0.3, -0.25) is 0 Å². The van der Waals surface area contributed by atoms with Crippen molar-refractivity contribution < 1.29 is 4.57 Å². The third-order valence-corrected chi connectivity index (χ3v) is 15.3. The summed E-state index contributed by atoms with van der Waals surface area (Å²) in [6.45, 7) is 0. The summed E-state index contributed by atoms with van der Waals surface area (Å²) in [5.74, 6) is 0. The molecule has 9 aromatic rings. The van der Waals surface area contributed by atoms with Gasteiger partial charge in [0.1, 0.15) is 0 Å². The first-order valence-electron chi connectivity index (χ1n) is 20.0. The fourth-order valence-corrected chi connectivity index (χ4v) is 13.1. The zero-order chi connectivity index (χ0) is 39.1. The van der Waals surface area contributed by atoms with Crippen molar-refractivity contribution in [1.29, 1.82) is 0 Å². The SMILES string of the molecule is O=P12c3c4cccc3N(c3ccc(-c5ccccc5)cc3)c3cccc(c31)N(c1ccc(-c3ccccc3)cc1)c1cccc(c12)N4c1ccc(-c2ccccc2)cc1. The summed E-state index contributed by atoms with van der Waals surface area (Å²) >= 11 is 0. The lowest BCUT2D eigenvalue weighted by Crippen LogP contribution is -2.47. The number of nitrogens with zero attached hydrogens (tertiary/aromatic N) is 3. The summed E-state index contributed by atoms with van der Waals surface area (Å²) in [5.41, 5.74) is 15.6. The van der Waals surface area contributed by atoms with Crippen LogP contribution in [0.3, 0.4) is 0 Å². The van der Waals surface area contributed by atoms with Gasteiger partial charge in [0.05, 0.1) is 50.0 Å². The monoisotopic (exact) mass is 773 g/mol. The molecule has 12 rings (SSSR count). The van der Waals surface area contributed by atoms with Gasteiger partial charge in [0.25, 0.3) is 0 Å². The molecule has 0 radical (unpaired) electrons. The number of benzene rings is 9. The highest BCUT2D eigenvalue weighted by atomic mass is 31.2. The largest absolute Gasteiger partial charge is 0.309 e. The van der Waals surface area contributed by atoms with Gasteiger partial charge in [-0.25, -0.2) is 0 Å². The molecule has 278 valence electrons. The fraction of sp³-hybridized carbons (Fsp3) is 0. The van der Waals surface area contributed by atoms with Crippen LogP contribution in [0.5, 0.6) is 0 Å². The minimum Gasteiger partial charge on any atom is -0.309 e. The lowest BCUT2D eigenvalue weighted by Gasteiger charge is -2.49. The molecule has 3 aliphatic heterocycles. The molecule has 0 unspecified atom stereocenters. The van der Waals surface area contributed by atoms with Crippen molar-refractivity contribution in [3.05, 3.63) is 218 Å². The molecular formula is C54H36N3OP. The summed E-state index contributed by atoms with van der Waals surface area (Å²) in [5, 5.41) is 2.62. The van der Waals surface area contributed by atoms with E-state index in [2.05, 4.69) is 215 Å². The smallest absolute Gasteiger partial charge is 0.183 e. The average molecular weight is 774 g/mol. The topological polar surface area (TPSA) is 26.8 Å². The van der Waals surface area contributed by atoms with Crippen LogP contribution in [0.2, 0.25) is 0 Å². The maximum absolute atomic E-state index is 17.0. The van der Waals surface area contributed by atoms with E-state index in [1.807, 2.05) is 18.2 Å². The molecule has 0 spiro atoms. The van der Waals surface area contributed by atoms with Crippen LogP contribution in [0.1, 0.15) is 0 Å². The highest BCUT2D eigenvalue weighted by molar-refractivity contribution is 7.87. The number of hydrogen-bond donors (Lipinski definition) is 0. The zero-order valence-corrected chi connectivity index (χ0v) is 32.9. The van der Waals surface area contributed by atoms with Crippen molar-refractivity contribution in [3.63, 3.8) is 0 Å². The van der Waals surface area contributed by atoms with E-state index in [-0.39, 0.29) is 0 Å². The maximum atomic E-state index is 17.0. The Morgan fingerprint density at radius 2 is 0.458 bits per heavy atom. The Morgan fingerprint density at radius 3 is 0.695 bits per heavy atom. The van der Waals surface area contributed by atoms with Gasteiger partial charge in [-0.2, -0.15) is 0 Å². The second-order valence-electron chi connectivity index (χ2n) is 15.3. The van der Waals surface area contributed by atoms with Gasteiger partial charge < -0.3 is 19.3 Å². The van der Waals surface area contributed by atoms with Gasteiger partial charge in [0, 0.05) is 17.1 Å². The quantitative estimate of drug-likeness (QED) is 0.157. The molecule has 3 aliphatic rings. The Labute approximate surface area is 343 Å². The molecule has 0 aliphatic carbocycles. The molecule has 0 fully saturated rings. The van der Waals surface area contributed by atoms with Gasteiger partial charge in [-0.1, -0.05) is 146 Å². The van der Waals surface area contributed by atoms with E-state index in [9.17, 15) is 0 Å². The van der Waals surface area contributed by atoms with E-state index < -0.39 is 7.14 Å². The predicted octanol–water partition coefficient (Wildman–Crippen LogP) is 13.7. The molecular weight excluding hydrogens is 738 g/mol. The summed E-state index contributed by atoms with van der Waals surface area (Å²) in [7, 11) is -3.45. The molecule has 9 aromatic carbocycles. The Morgan fingerprint density at radius 1 is 0.237 bits per heavy atom. The van der Waals surface area contributed by atoms with Crippen molar-refractivity contribution in [2.45, 2.75) is 0 Å². The van der Waals surface area contributed by atoms with E-state index in [1.165, 1.54) is 16.7 Å². The molecule has 0 saturated heterocycles. The van der Waals surface area contributed by atoms with E-state index >= 15 is 4.57 Å². The Bertz CT molecular complexity index is 2710. The molecule has 5 heteroatoms. The highest BCUT2D eigenvalue weighted by Crippen LogP contribution is 2.66. The van der Waals surface area contributed by atoms with E-state index in [1.54, 1.807) is 0 Å². The van der Waals surface area contributed by atoms with Crippen molar-refractivity contribution in [3.8, 4) is 33.4 Å². The predicted molar refractivity (Wildman–Crippen MR) is 247 cm³/mol. The first-order chi connectivity index (χ1) is 29.2. The second-order valence-corrected chi connectivity index (χ2v) is 17.8. The van der Waals surface area contributed by atoms with Crippen LogP contribution in [-0.4, -0.2) is 0 Å². The van der Waals surface area contributed by atoms with E-state index in [0.717, 1.165) is 83.8 Å². The van der Waals surface area contributed by atoms with Crippen molar-refractivity contribution in [2.24, 2.45) is 0 Å². The summed E-state index contributed by atoms with van der Waals surface area (Å²) in [4.78, 5) is 6.98. The second kappa shape index (κ2) is 13.1. The molecule has 0 bridgehead atoms. The van der Waals surface area contributed by atoms with Gasteiger partial charge in [0.2, 0.25) is 0 Å². The third-order valence-electron chi connectivity index (χ3n) is 12.1. The molecule has 59 heavy (non-hydrogen) atoms. The fourth-order valence-electron chi connectivity index (χ4n) is 9.47. The molecule has 4 nitrogen and oxygen atoms in total. The highest BCUT2D eigenvalue weighted by Gasteiger charge is 2.54. The summed E-state index contributed by atoms with van der Waals surface area (Å²) < 4.78 is 17.0. The van der Waals surface area contributed by atoms with Crippen molar-refractivity contribution in [1.82, 2.24) is 0 Å². The van der Waals surface area contributed by atoms with Crippen LogP contribution in [0.15, 0.2) is 218 Å². The molecule has 0 atom stereocenters. The van der Waals surface area contributed by atoms with Crippen LogP contribution in [0, 0.1) is 0 Å². The molecule has 0 N–H and O–H groups in total. The summed E-state index contributed by atoms with van der Waals surface area (Å²) in [6.07, 6.45) is 0. The standard InChI is InChI=1S/C54H36N3OP/c58-59-52-46-19-10-21-48(52)56(44-33-27-41(28-34-44)38-15-6-2-7-16-38)50-23-12-24-51(54(50)59)57(45-35-29-42(30-36-45)39-17-8-3-9-18-39)49-22-11-20-47(53(49)59)55(46)43-31-25-40(26-32-43)37-13-4-1-5-14-37/h1-36H. The Balaban J connectivity index is 1.11. The first kappa shape index (κ1) is 33.7. The third kappa shape index (κ3) is 5.00. The number of hydrogen-bond acceptors (Lipinski definition) is 4. The van der Waals surface area contributed by atoms with Crippen LogP contribution in [0.4, 0.5) is 51.2 Å². The molecule has 0 saturated carbocycles.